The summed E-state index contributed by atoms with van der Waals surface area (Å²) < 4.78 is 20.5. The Labute approximate surface area is 128 Å². The molecule has 0 atom stereocenters. The average Bonchev–Trinajstić information content (AvgIpc) is 2.50. The molecule has 0 fully saturated rings. The number of carbonyl (C=O) groups is 1. The van der Waals surface area contributed by atoms with Crippen molar-refractivity contribution in [3.8, 4) is 17.2 Å². The topological polar surface area (TPSA) is 97.1 Å². The summed E-state index contributed by atoms with van der Waals surface area (Å²) >= 11 is 0. The van der Waals surface area contributed by atoms with E-state index in [1.165, 1.54) is 26.4 Å². The van der Waals surface area contributed by atoms with E-state index in [4.69, 9.17) is 18.9 Å². The predicted molar refractivity (Wildman–Crippen MR) is 77.6 cm³/mol. The zero-order chi connectivity index (χ0) is 16.5. The Balaban J connectivity index is 2.77. The van der Waals surface area contributed by atoms with Crippen LogP contribution in [0.5, 0.6) is 17.2 Å². The van der Waals surface area contributed by atoms with Crippen molar-refractivity contribution in [2.45, 2.75) is 19.8 Å². The molecule has 0 aliphatic carbocycles. The van der Waals surface area contributed by atoms with E-state index in [-0.39, 0.29) is 41.9 Å². The SMILES string of the molecule is CCOC(=O)CCCOc1cc([N+](=O)[O-])cc(OC)c1OC. The van der Waals surface area contributed by atoms with Gasteiger partial charge in [-0.2, -0.15) is 0 Å². The Kier molecular flexibility index (Phi) is 6.94. The molecule has 0 saturated carbocycles. The first-order valence-electron chi connectivity index (χ1n) is 6.72. The van der Waals surface area contributed by atoms with E-state index in [1.807, 2.05) is 0 Å². The summed E-state index contributed by atoms with van der Waals surface area (Å²) in [7, 11) is 2.79. The Morgan fingerprint density at radius 1 is 1.23 bits per heavy atom. The fraction of sp³-hybridized carbons (Fsp3) is 0.500. The largest absolute Gasteiger partial charge is 0.492 e. The lowest BCUT2D eigenvalue weighted by Crippen LogP contribution is -2.07. The van der Waals surface area contributed by atoms with Crippen molar-refractivity contribution in [2.24, 2.45) is 0 Å². The van der Waals surface area contributed by atoms with Gasteiger partial charge in [-0.3, -0.25) is 14.9 Å². The van der Waals surface area contributed by atoms with Crippen LogP contribution in [-0.2, 0) is 9.53 Å². The minimum Gasteiger partial charge on any atom is -0.492 e. The lowest BCUT2D eigenvalue weighted by atomic mass is 10.2. The van der Waals surface area contributed by atoms with Gasteiger partial charge < -0.3 is 18.9 Å². The second-order valence-corrected chi connectivity index (χ2v) is 4.19. The number of carbonyl (C=O) groups excluding carboxylic acids is 1. The van der Waals surface area contributed by atoms with Crippen molar-refractivity contribution in [2.75, 3.05) is 27.4 Å². The second-order valence-electron chi connectivity index (χ2n) is 4.19. The van der Waals surface area contributed by atoms with Gasteiger partial charge >= 0.3 is 5.97 Å². The Morgan fingerprint density at radius 3 is 2.45 bits per heavy atom. The van der Waals surface area contributed by atoms with Crippen LogP contribution in [-0.4, -0.2) is 38.3 Å². The molecule has 0 heterocycles. The number of rotatable bonds is 9. The van der Waals surface area contributed by atoms with E-state index in [0.29, 0.717) is 13.0 Å². The molecular weight excluding hydrogens is 294 g/mol. The molecule has 0 aliphatic rings. The van der Waals surface area contributed by atoms with Gasteiger partial charge in [0.25, 0.3) is 5.69 Å². The summed E-state index contributed by atoms with van der Waals surface area (Å²) in [5.41, 5.74) is -0.168. The smallest absolute Gasteiger partial charge is 0.305 e. The molecule has 22 heavy (non-hydrogen) atoms. The van der Waals surface area contributed by atoms with Crippen LogP contribution in [0, 0.1) is 10.1 Å². The molecule has 122 valence electrons. The highest BCUT2D eigenvalue weighted by Crippen LogP contribution is 2.40. The van der Waals surface area contributed by atoms with E-state index >= 15 is 0 Å². The summed E-state index contributed by atoms with van der Waals surface area (Å²) in [4.78, 5) is 21.6. The standard InChI is InChI=1S/C14H19NO7/c1-4-21-13(16)6-5-7-22-12-9-10(15(17)18)8-11(19-2)14(12)20-3/h8-9H,4-7H2,1-3H3. The van der Waals surface area contributed by atoms with Crippen molar-refractivity contribution in [3.63, 3.8) is 0 Å². The molecule has 8 nitrogen and oxygen atoms in total. The van der Waals surface area contributed by atoms with E-state index < -0.39 is 4.92 Å². The molecule has 1 rings (SSSR count). The highest BCUT2D eigenvalue weighted by Gasteiger charge is 2.19. The molecular formula is C14H19NO7. The van der Waals surface area contributed by atoms with Gasteiger partial charge in [0, 0.05) is 6.42 Å². The first-order valence-corrected chi connectivity index (χ1v) is 6.72. The number of non-ortho nitro benzene ring substituents is 1. The van der Waals surface area contributed by atoms with Crippen molar-refractivity contribution in [1.29, 1.82) is 0 Å². The maximum Gasteiger partial charge on any atom is 0.305 e. The lowest BCUT2D eigenvalue weighted by molar-refractivity contribution is -0.385. The minimum absolute atomic E-state index is 0.168. The highest BCUT2D eigenvalue weighted by molar-refractivity contribution is 5.69. The number of benzene rings is 1. The van der Waals surface area contributed by atoms with Crippen molar-refractivity contribution in [1.82, 2.24) is 0 Å². The van der Waals surface area contributed by atoms with Crippen LogP contribution in [0.2, 0.25) is 0 Å². The molecule has 1 aromatic carbocycles. The van der Waals surface area contributed by atoms with Crippen LogP contribution >= 0.6 is 0 Å². The molecule has 1 aromatic rings. The van der Waals surface area contributed by atoms with Gasteiger partial charge in [0.05, 0.1) is 44.5 Å². The number of hydrogen-bond acceptors (Lipinski definition) is 7. The van der Waals surface area contributed by atoms with Crippen molar-refractivity contribution >= 4 is 11.7 Å². The molecule has 0 aliphatic heterocycles. The van der Waals surface area contributed by atoms with Gasteiger partial charge in [-0.1, -0.05) is 0 Å². The van der Waals surface area contributed by atoms with Crippen molar-refractivity contribution in [3.05, 3.63) is 22.2 Å². The zero-order valence-electron chi connectivity index (χ0n) is 12.8. The van der Waals surface area contributed by atoms with Crippen LogP contribution in [0.4, 0.5) is 5.69 Å². The zero-order valence-corrected chi connectivity index (χ0v) is 12.8. The molecule has 0 spiro atoms. The van der Waals surface area contributed by atoms with Gasteiger partial charge in [0.15, 0.2) is 11.5 Å². The van der Waals surface area contributed by atoms with Crippen LogP contribution in [0.25, 0.3) is 0 Å². The summed E-state index contributed by atoms with van der Waals surface area (Å²) in [6.45, 7) is 2.25. The Morgan fingerprint density at radius 2 is 1.91 bits per heavy atom. The summed E-state index contributed by atoms with van der Waals surface area (Å²) in [6, 6.07) is 2.51. The summed E-state index contributed by atoms with van der Waals surface area (Å²) in [5.74, 6) is 0.355. The number of nitro groups is 1. The molecule has 0 radical (unpaired) electrons. The van der Waals surface area contributed by atoms with Crippen LogP contribution in [0.1, 0.15) is 19.8 Å². The number of esters is 1. The number of hydrogen-bond donors (Lipinski definition) is 0. The normalized spacial score (nSPS) is 9.95. The fourth-order valence-electron chi connectivity index (χ4n) is 1.76. The molecule has 0 saturated heterocycles. The van der Waals surface area contributed by atoms with Gasteiger partial charge in [-0.15, -0.1) is 0 Å². The Hall–Kier alpha value is -2.51. The molecule has 0 aromatic heterocycles. The van der Waals surface area contributed by atoms with E-state index in [9.17, 15) is 14.9 Å². The molecule has 0 bridgehead atoms. The quantitative estimate of drug-likeness (QED) is 0.299. The summed E-state index contributed by atoms with van der Waals surface area (Å²) in [5, 5.41) is 10.9. The first kappa shape index (κ1) is 17.5. The van der Waals surface area contributed by atoms with Gasteiger partial charge in [0.1, 0.15) is 0 Å². The number of nitro benzene ring substituents is 1. The van der Waals surface area contributed by atoms with Gasteiger partial charge in [0.2, 0.25) is 5.75 Å². The molecule has 0 amide bonds. The van der Waals surface area contributed by atoms with Crippen molar-refractivity contribution < 1.29 is 28.7 Å². The van der Waals surface area contributed by atoms with Crippen LogP contribution in [0.15, 0.2) is 12.1 Å². The van der Waals surface area contributed by atoms with E-state index in [2.05, 4.69) is 0 Å². The Bertz CT molecular complexity index is 530. The summed E-state index contributed by atoms with van der Waals surface area (Å²) in [6.07, 6.45) is 0.634. The van der Waals surface area contributed by atoms with Gasteiger partial charge in [-0.05, 0) is 13.3 Å². The predicted octanol–water partition coefficient (Wildman–Crippen LogP) is 2.33. The van der Waals surface area contributed by atoms with Crippen LogP contribution in [0.3, 0.4) is 0 Å². The average molecular weight is 313 g/mol. The lowest BCUT2D eigenvalue weighted by Gasteiger charge is -2.13. The third-order valence-electron chi connectivity index (χ3n) is 2.73. The van der Waals surface area contributed by atoms with E-state index in [1.54, 1.807) is 6.92 Å². The minimum atomic E-state index is -0.548. The second kappa shape index (κ2) is 8.71. The van der Waals surface area contributed by atoms with Gasteiger partial charge in [-0.25, -0.2) is 0 Å². The third-order valence-corrected chi connectivity index (χ3v) is 2.73. The molecule has 0 unspecified atom stereocenters. The molecule has 8 heteroatoms. The van der Waals surface area contributed by atoms with E-state index in [0.717, 1.165) is 0 Å². The highest BCUT2D eigenvalue weighted by atomic mass is 16.6. The monoisotopic (exact) mass is 313 g/mol. The number of ether oxygens (including phenoxy) is 4. The molecule has 0 N–H and O–H groups in total. The third kappa shape index (κ3) is 4.80. The number of methoxy groups -OCH3 is 2. The maximum absolute atomic E-state index is 11.2. The fourth-order valence-corrected chi connectivity index (χ4v) is 1.76. The number of nitrogens with zero attached hydrogens (tertiary/aromatic N) is 1. The first-order chi connectivity index (χ1) is 10.5. The maximum atomic E-state index is 11.2. The van der Waals surface area contributed by atoms with Crippen LogP contribution < -0.4 is 14.2 Å².